The minimum atomic E-state index is -3.48. The van der Waals surface area contributed by atoms with Gasteiger partial charge in [0, 0.05) is 24.7 Å². The Hall–Kier alpha value is -2.71. The second kappa shape index (κ2) is 8.75. The van der Waals surface area contributed by atoms with Gasteiger partial charge in [-0.25, -0.2) is 13.1 Å². The summed E-state index contributed by atoms with van der Waals surface area (Å²) >= 11 is 0. The van der Waals surface area contributed by atoms with Crippen molar-refractivity contribution in [2.45, 2.75) is 44.5 Å². The van der Waals surface area contributed by atoms with Crippen LogP contribution in [0.5, 0.6) is 0 Å². The minimum Gasteiger partial charge on any atom is -0.351 e. The molecule has 1 unspecified atom stereocenters. The Morgan fingerprint density at radius 3 is 2.48 bits per heavy atom. The fourth-order valence-corrected chi connectivity index (χ4v) is 4.92. The van der Waals surface area contributed by atoms with Gasteiger partial charge in [0.2, 0.25) is 21.8 Å². The van der Waals surface area contributed by atoms with Gasteiger partial charge < -0.3 is 10.6 Å². The molecule has 1 heterocycles. The molecule has 8 heteroatoms. The lowest BCUT2D eigenvalue weighted by atomic mass is 9.90. The summed E-state index contributed by atoms with van der Waals surface area (Å²) in [6.45, 7) is 3.72. The highest BCUT2D eigenvalue weighted by Crippen LogP contribution is 2.32. The smallest absolute Gasteiger partial charge is 0.228 e. The van der Waals surface area contributed by atoms with Crippen LogP contribution in [0.15, 0.2) is 48.5 Å². The second-order valence-corrected chi connectivity index (χ2v) is 9.16. The summed E-state index contributed by atoms with van der Waals surface area (Å²) in [5.41, 5.74) is 2.78. The van der Waals surface area contributed by atoms with Gasteiger partial charge in [0.15, 0.2) is 0 Å². The van der Waals surface area contributed by atoms with Crippen LogP contribution in [0.25, 0.3) is 0 Å². The fourth-order valence-electron chi connectivity index (χ4n) is 3.43. The first-order chi connectivity index (χ1) is 13.7. The van der Waals surface area contributed by atoms with Crippen LogP contribution >= 0.6 is 0 Å². The van der Waals surface area contributed by atoms with E-state index in [4.69, 9.17) is 0 Å². The first-order valence-corrected chi connectivity index (χ1v) is 11.1. The van der Waals surface area contributed by atoms with E-state index < -0.39 is 15.9 Å². The van der Waals surface area contributed by atoms with Crippen molar-refractivity contribution in [3.05, 3.63) is 65.2 Å². The summed E-state index contributed by atoms with van der Waals surface area (Å²) in [5.74, 6) is -1.19. The molecule has 0 saturated carbocycles. The van der Waals surface area contributed by atoms with E-state index in [0.29, 0.717) is 11.3 Å². The van der Waals surface area contributed by atoms with Crippen LogP contribution < -0.4 is 15.4 Å². The van der Waals surface area contributed by atoms with Crippen LogP contribution in [0.4, 0.5) is 5.69 Å². The minimum absolute atomic E-state index is 0.0805. The van der Waals surface area contributed by atoms with Gasteiger partial charge in [-0.3, -0.25) is 9.59 Å². The molecule has 154 valence electrons. The molecular formula is C21H25N3O4S. The molecule has 2 aromatic rings. The molecule has 0 aliphatic carbocycles. The standard InChI is InChI=1S/C21H25N3O4S/c1-14(2)24-29(27,28)13-16-8-4-3-7-15(16)12-22-21(26)18-11-20(25)23-19-10-6-5-9-17(18)19/h3-10,14,18,24H,11-13H2,1-2H3,(H,22,26)(H,23,25). The maximum atomic E-state index is 12.8. The zero-order valence-corrected chi connectivity index (χ0v) is 17.3. The van der Waals surface area contributed by atoms with E-state index in [9.17, 15) is 18.0 Å². The van der Waals surface area contributed by atoms with E-state index in [1.54, 1.807) is 50.2 Å². The van der Waals surface area contributed by atoms with Gasteiger partial charge in [0.05, 0.1) is 11.7 Å². The van der Waals surface area contributed by atoms with Crippen LogP contribution in [0.2, 0.25) is 0 Å². The molecule has 3 N–H and O–H groups in total. The lowest BCUT2D eigenvalue weighted by molar-refractivity contribution is -0.126. The number of nitrogens with one attached hydrogen (secondary N) is 3. The third-order valence-electron chi connectivity index (χ3n) is 4.65. The van der Waals surface area contributed by atoms with Gasteiger partial charge in [0.25, 0.3) is 0 Å². The summed E-state index contributed by atoms with van der Waals surface area (Å²) in [6.07, 6.45) is 0.0805. The molecule has 0 radical (unpaired) electrons. The summed E-state index contributed by atoms with van der Waals surface area (Å²) in [6, 6.07) is 14.2. The largest absolute Gasteiger partial charge is 0.351 e. The molecule has 1 aliphatic rings. The number of hydrogen-bond donors (Lipinski definition) is 3. The number of sulfonamides is 1. The number of fused-ring (bicyclic) bond motifs is 1. The highest BCUT2D eigenvalue weighted by atomic mass is 32.2. The summed E-state index contributed by atoms with van der Waals surface area (Å²) < 4.78 is 27.1. The molecule has 29 heavy (non-hydrogen) atoms. The molecule has 1 atom stereocenters. The molecule has 2 aromatic carbocycles. The van der Waals surface area contributed by atoms with Gasteiger partial charge in [-0.05, 0) is 36.6 Å². The van der Waals surface area contributed by atoms with Crippen molar-refractivity contribution in [2.24, 2.45) is 0 Å². The molecule has 0 aromatic heterocycles. The maximum Gasteiger partial charge on any atom is 0.228 e. The van der Waals surface area contributed by atoms with Crippen LogP contribution in [0.3, 0.4) is 0 Å². The molecule has 7 nitrogen and oxygen atoms in total. The highest BCUT2D eigenvalue weighted by Gasteiger charge is 2.30. The average molecular weight is 416 g/mol. The number of hydrogen-bond acceptors (Lipinski definition) is 4. The Morgan fingerprint density at radius 2 is 1.76 bits per heavy atom. The van der Waals surface area contributed by atoms with Gasteiger partial charge in [-0.2, -0.15) is 0 Å². The van der Waals surface area contributed by atoms with Crippen molar-refractivity contribution in [1.82, 2.24) is 10.0 Å². The third-order valence-corrected chi connectivity index (χ3v) is 6.17. The maximum absolute atomic E-state index is 12.8. The quantitative estimate of drug-likeness (QED) is 0.645. The van der Waals surface area contributed by atoms with Crippen LogP contribution in [-0.4, -0.2) is 26.3 Å². The molecule has 3 rings (SSSR count). The van der Waals surface area contributed by atoms with E-state index in [1.165, 1.54) is 0 Å². The van der Waals surface area contributed by atoms with Gasteiger partial charge >= 0.3 is 0 Å². The van der Waals surface area contributed by atoms with E-state index in [2.05, 4.69) is 15.4 Å². The zero-order valence-electron chi connectivity index (χ0n) is 16.4. The molecule has 0 fully saturated rings. The molecule has 0 bridgehead atoms. The number of benzene rings is 2. The molecular weight excluding hydrogens is 390 g/mol. The van der Waals surface area contributed by atoms with Crippen molar-refractivity contribution in [1.29, 1.82) is 0 Å². The summed E-state index contributed by atoms with van der Waals surface area (Å²) in [7, 11) is -3.48. The Morgan fingerprint density at radius 1 is 1.10 bits per heavy atom. The van der Waals surface area contributed by atoms with Crippen molar-refractivity contribution in [2.75, 3.05) is 5.32 Å². The predicted molar refractivity (Wildman–Crippen MR) is 112 cm³/mol. The summed E-state index contributed by atoms with van der Waals surface area (Å²) in [5, 5.41) is 5.64. The fraction of sp³-hybridized carbons (Fsp3) is 0.333. The average Bonchev–Trinajstić information content (AvgIpc) is 2.65. The Balaban J connectivity index is 1.73. The molecule has 1 aliphatic heterocycles. The van der Waals surface area contributed by atoms with E-state index in [0.717, 1.165) is 11.1 Å². The summed E-state index contributed by atoms with van der Waals surface area (Å²) in [4.78, 5) is 24.7. The Bertz CT molecular complexity index is 1020. The van der Waals surface area contributed by atoms with Crippen LogP contribution in [-0.2, 0) is 31.9 Å². The topological polar surface area (TPSA) is 104 Å². The number of carbonyl (C=O) groups excluding carboxylic acids is 2. The zero-order chi connectivity index (χ0) is 21.0. The number of para-hydroxylation sites is 1. The highest BCUT2D eigenvalue weighted by molar-refractivity contribution is 7.88. The van der Waals surface area contributed by atoms with Crippen LogP contribution in [0, 0.1) is 0 Å². The lowest BCUT2D eigenvalue weighted by Crippen LogP contribution is -2.35. The third kappa shape index (κ3) is 5.42. The van der Waals surface area contributed by atoms with Crippen molar-refractivity contribution in [3.63, 3.8) is 0 Å². The van der Waals surface area contributed by atoms with Crippen molar-refractivity contribution in [3.8, 4) is 0 Å². The first kappa shape index (κ1) is 21.0. The van der Waals surface area contributed by atoms with Crippen molar-refractivity contribution < 1.29 is 18.0 Å². The predicted octanol–water partition coefficient (Wildman–Crippen LogP) is 2.26. The van der Waals surface area contributed by atoms with Gasteiger partial charge in [0.1, 0.15) is 0 Å². The monoisotopic (exact) mass is 415 g/mol. The number of anilines is 1. The van der Waals surface area contributed by atoms with E-state index in [1.807, 2.05) is 12.1 Å². The van der Waals surface area contributed by atoms with Gasteiger partial charge in [-0.15, -0.1) is 0 Å². The number of rotatable bonds is 7. The molecule has 0 saturated heterocycles. The Kier molecular flexibility index (Phi) is 6.34. The van der Waals surface area contributed by atoms with Crippen LogP contribution in [0.1, 0.15) is 42.9 Å². The van der Waals surface area contributed by atoms with E-state index >= 15 is 0 Å². The van der Waals surface area contributed by atoms with Crippen molar-refractivity contribution >= 4 is 27.5 Å². The first-order valence-electron chi connectivity index (χ1n) is 9.48. The number of amides is 2. The number of carbonyl (C=O) groups is 2. The molecule has 0 spiro atoms. The normalized spacial score (nSPS) is 16.2. The van der Waals surface area contributed by atoms with Gasteiger partial charge in [-0.1, -0.05) is 42.5 Å². The lowest BCUT2D eigenvalue weighted by Gasteiger charge is -2.25. The van der Waals surface area contributed by atoms with E-state index in [-0.39, 0.29) is 36.6 Å². The Labute approximate surface area is 171 Å². The second-order valence-electron chi connectivity index (χ2n) is 7.41. The molecule has 2 amide bonds. The SMILES string of the molecule is CC(C)NS(=O)(=O)Cc1ccccc1CNC(=O)C1CC(=O)Nc2ccccc21.